The molecule has 3 unspecified atom stereocenters. The summed E-state index contributed by atoms with van der Waals surface area (Å²) < 4.78 is 0. The Labute approximate surface area is 154 Å². The molecule has 1 aromatic carbocycles. The summed E-state index contributed by atoms with van der Waals surface area (Å²) in [5, 5.41) is 19.4. The number of rotatable bonds is 12. The van der Waals surface area contributed by atoms with Gasteiger partial charge in [-0.1, -0.05) is 78.7 Å². The van der Waals surface area contributed by atoms with Gasteiger partial charge in [0.05, 0.1) is 0 Å². The van der Waals surface area contributed by atoms with Crippen molar-refractivity contribution in [3.8, 4) is 11.5 Å². The quantitative estimate of drug-likeness (QED) is 0.409. The van der Waals surface area contributed by atoms with Crippen LogP contribution in [0.5, 0.6) is 11.5 Å². The molecule has 0 heterocycles. The number of phenolic OH excluding ortho intramolecular Hbond substituents is 2. The monoisotopic (exact) mass is 349 g/mol. The molecule has 0 saturated heterocycles. The van der Waals surface area contributed by atoms with E-state index in [-0.39, 0.29) is 11.5 Å². The van der Waals surface area contributed by atoms with Gasteiger partial charge in [-0.15, -0.1) is 0 Å². The van der Waals surface area contributed by atoms with E-state index in [1.54, 1.807) is 6.07 Å². The van der Waals surface area contributed by atoms with E-state index in [0.717, 1.165) is 12.0 Å². The molecule has 0 amide bonds. The van der Waals surface area contributed by atoms with Crippen LogP contribution >= 0.6 is 0 Å². The summed E-state index contributed by atoms with van der Waals surface area (Å²) in [6.45, 7) is 8.81. The normalized spacial score (nSPS) is 15.3. The Morgan fingerprint density at radius 3 is 1.96 bits per heavy atom. The molecule has 25 heavy (non-hydrogen) atoms. The molecule has 1 aromatic rings. The number of nitrogens with two attached hydrogens (primary N) is 1. The predicted molar refractivity (Wildman–Crippen MR) is 107 cm³/mol. The lowest BCUT2D eigenvalue weighted by Crippen LogP contribution is -2.25. The van der Waals surface area contributed by atoms with Crippen LogP contribution in [-0.2, 0) is 0 Å². The number of aromatic hydroxyl groups is 2. The van der Waals surface area contributed by atoms with Crippen molar-refractivity contribution in [2.45, 2.75) is 91.0 Å². The van der Waals surface area contributed by atoms with Gasteiger partial charge in [0.25, 0.3) is 0 Å². The van der Waals surface area contributed by atoms with E-state index in [2.05, 4.69) is 27.7 Å². The molecule has 0 saturated carbocycles. The van der Waals surface area contributed by atoms with Gasteiger partial charge in [-0.3, -0.25) is 0 Å². The van der Waals surface area contributed by atoms with Gasteiger partial charge in [0.15, 0.2) is 0 Å². The molecule has 144 valence electrons. The maximum absolute atomic E-state index is 10.0. The molecule has 0 radical (unpaired) electrons. The third-order valence-electron chi connectivity index (χ3n) is 5.66. The maximum Gasteiger partial charge on any atom is 0.122 e. The molecule has 0 aliphatic carbocycles. The van der Waals surface area contributed by atoms with E-state index < -0.39 is 0 Å². The van der Waals surface area contributed by atoms with Crippen molar-refractivity contribution in [1.82, 2.24) is 0 Å². The number of phenols is 2. The van der Waals surface area contributed by atoms with Gasteiger partial charge in [-0.25, -0.2) is 0 Å². The van der Waals surface area contributed by atoms with Gasteiger partial charge < -0.3 is 15.9 Å². The molecule has 3 heteroatoms. The molecular weight excluding hydrogens is 310 g/mol. The van der Waals surface area contributed by atoms with E-state index in [0.29, 0.717) is 23.8 Å². The standard InChI is InChI=1S/C22H39NO2/c1-16(2)21(23)12-10-8-6-5-7-9-11-17(3)18(4)20-14-13-19(24)15-22(20)25/h13-18,21,24-25H,5-12,23H2,1-4H3. The molecule has 0 fully saturated rings. The first-order valence-electron chi connectivity index (χ1n) is 10.1. The van der Waals surface area contributed by atoms with E-state index >= 15 is 0 Å². The van der Waals surface area contributed by atoms with Gasteiger partial charge in [0, 0.05) is 12.1 Å². The summed E-state index contributed by atoms with van der Waals surface area (Å²) in [6.07, 6.45) is 10.0. The molecule has 0 aromatic heterocycles. The number of unbranched alkanes of at least 4 members (excludes halogenated alkanes) is 5. The molecule has 0 spiro atoms. The Hall–Kier alpha value is -1.22. The van der Waals surface area contributed by atoms with Gasteiger partial charge in [-0.05, 0) is 35.8 Å². The first-order valence-corrected chi connectivity index (χ1v) is 10.1. The lowest BCUT2D eigenvalue weighted by atomic mass is 9.85. The lowest BCUT2D eigenvalue weighted by Gasteiger charge is -2.21. The van der Waals surface area contributed by atoms with Crippen LogP contribution in [0.2, 0.25) is 0 Å². The van der Waals surface area contributed by atoms with E-state index in [4.69, 9.17) is 5.73 Å². The van der Waals surface area contributed by atoms with Crippen molar-refractivity contribution in [1.29, 1.82) is 0 Å². The Morgan fingerprint density at radius 2 is 1.40 bits per heavy atom. The second kappa shape index (κ2) is 11.4. The topological polar surface area (TPSA) is 66.5 Å². The highest BCUT2D eigenvalue weighted by molar-refractivity contribution is 5.41. The van der Waals surface area contributed by atoms with Crippen LogP contribution in [0.1, 0.15) is 90.5 Å². The Kier molecular flexibility index (Phi) is 9.96. The van der Waals surface area contributed by atoms with Crippen LogP contribution in [0, 0.1) is 11.8 Å². The van der Waals surface area contributed by atoms with Crippen molar-refractivity contribution in [3.63, 3.8) is 0 Å². The summed E-state index contributed by atoms with van der Waals surface area (Å²) in [5.41, 5.74) is 7.01. The third-order valence-corrected chi connectivity index (χ3v) is 5.66. The minimum absolute atomic E-state index is 0.121. The van der Waals surface area contributed by atoms with Crippen LogP contribution < -0.4 is 5.73 Å². The summed E-state index contributed by atoms with van der Waals surface area (Å²) >= 11 is 0. The summed E-state index contributed by atoms with van der Waals surface area (Å²) in [5.74, 6) is 1.75. The molecule has 3 atom stereocenters. The third kappa shape index (κ3) is 8.13. The predicted octanol–water partition coefficient (Wildman–Crippen LogP) is 5.94. The number of hydrogen-bond acceptors (Lipinski definition) is 3. The van der Waals surface area contributed by atoms with Crippen molar-refractivity contribution >= 4 is 0 Å². The lowest BCUT2D eigenvalue weighted by molar-refractivity contribution is 0.399. The molecular formula is C22H39NO2. The largest absolute Gasteiger partial charge is 0.508 e. The van der Waals surface area contributed by atoms with E-state index in [1.165, 1.54) is 51.0 Å². The number of hydrogen-bond donors (Lipinski definition) is 3. The van der Waals surface area contributed by atoms with Gasteiger partial charge in [0.2, 0.25) is 0 Å². The zero-order valence-corrected chi connectivity index (χ0v) is 16.7. The van der Waals surface area contributed by atoms with E-state index in [1.807, 2.05) is 6.07 Å². The molecule has 3 nitrogen and oxygen atoms in total. The average Bonchev–Trinajstić information content (AvgIpc) is 2.56. The van der Waals surface area contributed by atoms with Crippen LogP contribution in [-0.4, -0.2) is 16.3 Å². The Morgan fingerprint density at radius 1 is 0.840 bits per heavy atom. The fraction of sp³-hybridized carbons (Fsp3) is 0.727. The summed E-state index contributed by atoms with van der Waals surface area (Å²) in [7, 11) is 0. The maximum atomic E-state index is 10.0. The van der Waals surface area contributed by atoms with Gasteiger partial charge in [0.1, 0.15) is 11.5 Å². The second-order valence-corrected chi connectivity index (χ2v) is 8.12. The number of benzene rings is 1. The van der Waals surface area contributed by atoms with Crippen LogP contribution in [0.4, 0.5) is 0 Å². The van der Waals surface area contributed by atoms with Crippen LogP contribution in [0.3, 0.4) is 0 Å². The molecule has 1 rings (SSSR count). The van der Waals surface area contributed by atoms with Gasteiger partial charge in [-0.2, -0.15) is 0 Å². The fourth-order valence-corrected chi connectivity index (χ4v) is 3.36. The highest BCUT2D eigenvalue weighted by atomic mass is 16.3. The zero-order valence-electron chi connectivity index (χ0n) is 16.7. The summed E-state index contributed by atoms with van der Waals surface area (Å²) in [4.78, 5) is 0. The fourth-order valence-electron chi connectivity index (χ4n) is 3.36. The van der Waals surface area contributed by atoms with Crippen molar-refractivity contribution in [2.24, 2.45) is 17.6 Å². The molecule has 0 aliphatic heterocycles. The second-order valence-electron chi connectivity index (χ2n) is 8.12. The first-order chi connectivity index (χ1) is 11.8. The smallest absolute Gasteiger partial charge is 0.122 e. The Bertz CT molecular complexity index is 487. The van der Waals surface area contributed by atoms with Crippen molar-refractivity contribution in [2.75, 3.05) is 0 Å². The Balaban J connectivity index is 2.15. The average molecular weight is 350 g/mol. The first kappa shape index (κ1) is 21.8. The van der Waals surface area contributed by atoms with Gasteiger partial charge >= 0.3 is 0 Å². The SMILES string of the molecule is CC(C)C(N)CCCCCCCCC(C)C(C)c1ccc(O)cc1O. The highest BCUT2D eigenvalue weighted by Gasteiger charge is 2.17. The minimum atomic E-state index is 0.121. The minimum Gasteiger partial charge on any atom is -0.508 e. The van der Waals surface area contributed by atoms with E-state index in [9.17, 15) is 10.2 Å². The van der Waals surface area contributed by atoms with Crippen molar-refractivity contribution in [3.05, 3.63) is 23.8 Å². The molecule has 0 aliphatic rings. The van der Waals surface area contributed by atoms with Crippen LogP contribution in [0.25, 0.3) is 0 Å². The highest BCUT2D eigenvalue weighted by Crippen LogP contribution is 2.35. The summed E-state index contributed by atoms with van der Waals surface area (Å²) in [6, 6.07) is 5.29. The van der Waals surface area contributed by atoms with Crippen molar-refractivity contribution < 1.29 is 10.2 Å². The van der Waals surface area contributed by atoms with Crippen LogP contribution in [0.15, 0.2) is 18.2 Å². The molecule has 0 bridgehead atoms. The molecule has 4 N–H and O–H groups in total. The zero-order chi connectivity index (χ0) is 18.8.